The van der Waals surface area contributed by atoms with Crippen molar-refractivity contribution in [3.8, 4) is 6.01 Å². The molecule has 2 N–H and O–H groups in total. The Balaban J connectivity index is 1.51. The number of imidazole rings is 1. The van der Waals surface area contributed by atoms with Gasteiger partial charge in [-0.1, -0.05) is 31.2 Å². The molecule has 4 atom stereocenters. The van der Waals surface area contributed by atoms with Crippen molar-refractivity contribution < 1.29 is 24.1 Å². The van der Waals surface area contributed by atoms with Crippen LogP contribution in [0.2, 0.25) is 30.7 Å². The molecule has 0 bridgehead atoms. The van der Waals surface area contributed by atoms with Crippen molar-refractivity contribution >= 4 is 53.4 Å². The Labute approximate surface area is 188 Å². The lowest BCUT2D eigenvalue weighted by atomic mass is 10.1. The van der Waals surface area contributed by atoms with E-state index in [1.54, 1.807) is 0 Å². The van der Waals surface area contributed by atoms with E-state index in [1.807, 2.05) is 0 Å². The van der Waals surface area contributed by atoms with Crippen molar-refractivity contribution in [2.45, 2.75) is 56.7 Å². The van der Waals surface area contributed by atoms with Crippen LogP contribution < -0.4 is 4.74 Å². The van der Waals surface area contributed by atoms with Crippen LogP contribution in [0.15, 0.2) is 0 Å². The maximum atomic E-state index is 9.88. The topological polar surface area (TPSA) is 98.7 Å². The number of aromatic amines is 1. The minimum Gasteiger partial charge on any atom is -0.456 e. The second kappa shape index (κ2) is 8.56. The highest BCUT2D eigenvalue weighted by molar-refractivity contribution is 14.1. The van der Waals surface area contributed by atoms with E-state index >= 15 is 0 Å². The van der Waals surface area contributed by atoms with Crippen LogP contribution >= 0.6 is 34.2 Å². The van der Waals surface area contributed by atoms with Gasteiger partial charge in [-0.15, -0.1) is 0 Å². The monoisotopic (exact) mass is 553 g/mol. The highest BCUT2D eigenvalue weighted by Crippen LogP contribution is 2.32. The summed E-state index contributed by atoms with van der Waals surface area (Å²) in [7, 11) is -1.16. The van der Waals surface area contributed by atoms with Gasteiger partial charge in [-0.3, -0.25) is 0 Å². The molecule has 29 heavy (non-hydrogen) atoms. The summed E-state index contributed by atoms with van der Waals surface area (Å²) in [5, 5.41) is 10.4. The van der Waals surface area contributed by atoms with Crippen molar-refractivity contribution in [3.63, 3.8) is 0 Å². The third kappa shape index (κ3) is 4.73. The zero-order valence-electron chi connectivity index (χ0n) is 16.6. The van der Waals surface area contributed by atoms with Crippen LogP contribution in [0.1, 0.15) is 5.56 Å². The van der Waals surface area contributed by atoms with Gasteiger partial charge in [0.1, 0.15) is 22.0 Å². The number of pyridine rings is 1. The summed E-state index contributed by atoms with van der Waals surface area (Å²) in [5.74, 6) is 0. The molecule has 0 radical (unpaired) electrons. The van der Waals surface area contributed by atoms with Crippen LogP contribution in [0.4, 0.5) is 0 Å². The lowest BCUT2D eigenvalue weighted by Gasteiger charge is -2.16. The second-order valence-electron chi connectivity index (χ2n) is 8.62. The lowest BCUT2D eigenvalue weighted by Crippen LogP contribution is -2.34. The Bertz CT molecular complexity index is 892. The molecule has 0 spiro atoms. The maximum Gasteiger partial charge on any atom is 0.296 e. The van der Waals surface area contributed by atoms with Crippen LogP contribution in [0.3, 0.4) is 0 Å². The molecule has 2 aromatic heterocycles. The quantitative estimate of drug-likeness (QED) is 0.235. The molecule has 0 aromatic carbocycles. The summed E-state index contributed by atoms with van der Waals surface area (Å²) < 4.78 is 23.8. The Morgan fingerprint density at radius 2 is 2.00 bits per heavy atom. The summed E-state index contributed by atoms with van der Waals surface area (Å²) in [4.78, 5) is 12.1. The van der Waals surface area contributed by atoms with Gasteiger partial charge in [0.2, 0.25) is 0 Å². The van der Waals surface area contributed by atoms with Gasteiger partial charge in [0.25, 0.3) is 6.01 Å². The molecule has 8 nitrogen and oxygen atoms in total. The number of nitrogens with zero attached hydrogens (tertiary/aromatic N) is 2. The van der Waals surface area contributed by atoms with E-state index in [4.69, 9.17) is 30.5 Å². The number of H-pyrrole nitrogens is 1. The molecule has 0 amide bonds. The summed E-state index contributed by atoms with van der Waals surface area (Å²) in [6, 6.07) is 1.41. The zero-order chi connectivity index (χ0) is 20.8. The number of rotatable bonds is 7. The molecule has 160 valence electrons. The number of ether oxygens (including phenoxy) is 4. The number of nitrogens with one attached hydrogen (secondary N) is 1. The van der Waals surface area contributed by atoms with E-state index in [1.165, 1.54) is 0 Å². The predicted octanol–water partition coefficient (Wildman–Crippen LogP) is 2.98. The molecule has 11 heteroatoms. The molecule has 2 aliphatic rings. The Morgan fingerprint density at radius 3 is 2.76 bits per heavy atom. The molecule has 0 saturated carbocycles. The van der Waals surface area contributed by atoms with Crippen molar-refractivity contribution in [3.05, 3.63) is 14.3 Å². The molecule has 2 aromatic rings. The predicted molar refractivity (Wildman–Crippen MR) is 119 cm³/mol. The number of hydrogen-bond acceptors (Lipinski definition) is 7. The molecule has 2 saturated heterocycles. The third-order valence-electron chi connectivity index (χ3n) is 5.10. The van der Waals surface area contributed by atoms with E-state index in [2.05, 4.69) is 57.2 Å². The van der Waals surface area contributed by atoms with Crippen molar-refractivity contribution in [1.82, 2.24) is 15.0 Å². The van der Waals surface area contributed by atoms with Crippen molar-refractivity contribution in [2.75, 3.05) is 19.8 Å². The average Bonchev–Trinajstić information content (AvgIpc) is 3.32. The van der Waals surface area contributed by atoms with Crippen molar-refractivity contribution in [1.29, 1.82) is 0 Å². The molecule has 4 rings (SSSR count). The van der Waals surface area contributed by atoms with Crippen LogP contribution in [-0.2, 0) is 20.8 Å². The minimum absolute atomic E-state index is 0.254. The first-order chi connectivity index (χ1) is 13.7. The van der Waals surface area contributed by atoms with Gasteiger partial charge in [0.15, 0.2) is 11.8 Å². The smallest absolute Gasteiger partial charge is 0.296 e. The molecular formula is C18H25ClIN3O5Si. The van der Waals surface area contributed by atoms with Crippen LogP contribution in [-0.4, -0.2) is 72.4 Å². The normalized spacial score (nSPS) is 27.0. The Kier molecular flexibility index (Phi) is 6.41. The molecular weight excluding hydrogens is 529 g/mol. The van der Waals surface area contributed by atoms with E-state index in [-0.39, 0.29) is 24.9 Å². The fourth-order valence-electron chi connectivity index (χ4n) is 3.44. The molecule has 4 heterocycles. The lowest BCUT2D eigenvalue weighted by molar-refractivity contribution is 0.00705. The van der Waals surface area contributed by atoms with Crippen LogP contribution in [0.5, 0.6) is 6.01 Å². The van der Waals surface area contributed by atoms with Gasteiger partial charge in [-0.05, 0) is 28.6 Å². The zero-order valence-corrected chi connectivity index (χ0v) is 20.5. The SMILES string of the molecule is C[Si](C)(C)CCOCc1c(Cl)c(I)nc2nc(O[C@@H]3CO[C@H]4[C@@H]3OC[C@H]4O)[nH]c12. The minimum atomic E-state index is -1.16. The Morgan fingerprint density at radius 1 is 1.24 bits per heavy atom. The summed E-state index contributed by atoms with van der Waals surface area (Å²) in [6.07, 6.45) is -1.62. The number of hydrogen-bond donors (Lipinski definition) is 2. The Hall–Kier alpha value is -0.503. The summed E-state index contributed by atoms with van der Waals surface area (Å²) in [5.41, 5.74) is 2.06. The van der Waals surface area contributed by atoms with Crippen LogP contribution in [0, 0.1) is 3.70 Å². The van der Waals surface area contributed by atoms with E-state index in [0.29, 0.717) is 45.7 Å². The van der Waals surface area contributed by atoms with Gasteiger partial charge in [0.05, 0.1) is 30.4 Å². The average molecular weight is 554 g/mol. The first-order valence-electron chi connectivity index (χ1n) is 9.62. The summed E-state index contributed by atoms with van der Waals surface area (Å²) in [6.45, 7) is 8.63. The third-order valence-corrected chi connectivity index (χ3v) is 8.31. The number of aromatic nitrogens is 3. The van der Waals surface area contributed by atoms with Gasteiger partial charge in [0, 0.05) is 20.2 Å². The number of halogens is 2. The molecule has 2 fully saturated rings. The number of aliphatic hydroxyl groups is 1. The molecule has 2 aliphatic heterocycles. The first-order valence-corrected chi connectivity index (χ1v) is 14.8. The van der Waals surface area contributed by atoms with Gasteiger partial charge in [-0.2, -0.15) is 4.98 Å². The fraction of sp³-hybridized carbons (Fsp3) is 0.667. The van der Waals surface area contributed by atoms with Crippen LogP contribution in [0.25, 0.3) is 11.2 Å². The largest absolute Gasteiger partial charge is 0.456 e. The van der Waals surface area contributed by atoms with E-state index in [0.717, 1.165) is 11.6 Å². The van der Waals surface area contributed by atoms with Crippen molar-refractivity contribution in [2.24, 2.45) is 0 Å². The second-order valence-corrected chi connectivity index (χ2v) is 15.6. The standard InChI is InChI=1S/C18H25ClIN3O5Si/c1-29(2,3)5-4-25-6-9-12(19)16(20)22-17-13(9)21-18(23-17)28-11-8-27-14-10(24)7-26-15(11)14/h10-11,14-15,24H,4-8H2,1-3H3,(H,21,22,23)/t10-,11-,14-,15-/m1/s1. The molecule has 0 unspecified atom stereocenters. The highest BCUT2D eigenvalue weighted by Gasteiger charge is 2.48. The highest BCUT2D eigenvalue weighted by atomic mass is 127. The van der Waals surface area contributed by atoms with Gasteiger partial charge >= 0.3 is 0 Å². The maximum absolute atomic E-state index is 9.88. The van der Waals surface area contributed by atoms with Gasteiger partial charge in [-0.25, -0.2) is 4.98 Å². The van der Waals surface area contributed by atoms with E-state index in [9.17, 15) is 5.11 Å². The van der Waals surface area contributed by atoms with E-state index < -0.39 is 14.2 Å². The molecule has 0 aliphatic carbocycles. The fourth-order valence-corrected chi connectivity index (χ4v) is 4.94. The number of aliphatic hydroxyl groups excluding tert-OH is 1. The summed E-state index contributed by atoms with van der Waals surface area (Å²) >= 11 is 8.61. The first kappa shape index (κ1) is 21.7. The number of fused-ring (bicyclic) bond motifs is 2. The van der Waals surface area contributed by atoms with Gasteiger partial charge < -0.3 is 29.0 Å².